The highest BCUT2D eigenvalue weighted by molar-refractivity contribution is 9.10. The molecule has 0 aliphatic rings. The molecule has 2 rings (SSSR count). The maximum atomic E-state index is 3.96. The molecule has 2 aromatic rings. The van der Waals surface area contributed by atoms with Crippen molar-refractivity contribution in [1.82, 2.24) is 10.2 Å². The van der Waals surface area contributed by atoms with E-state index in [1.807, 2.05) is 26.1 Å². The van der Waals surface area contributed by atoms with Crippen LogP contribution in [0, 0.1) is 6.92 Å². The van der Waals surface area contributed by atoms with Crippen molar-refractivity contribution in [2.24, 2.45) is 0 Å². The van der Waals surface area contributed by atoms with Gasteiger partial charge in [-0.05, 0) is 24.6 Å². The van der Waals surface area contributed by atoms with Gasteiger partial charge in [0.25, 0.3) is 0 Å². The van der Waals surface area contributed by atoms with E-state index in [2.05, 4.69) is 39.1 Å². The van der Waals surface area contributed by atoms with Crippen LogP contribution in [0.3, 0.4) is 0 Å². The maximum absolute atomic E-state index is 3.96. The summed E-state index contributed by atoms with van der Waals surface area (Å²) in [5, 5.41) is 8.05. The Morgan fingerprint density at radius 3 is 2.69 bits per heavy atom. The minimum Gasteiger partial charge on any atom is -0.278 e. The largest absolute Gasteiger partial charge is 0.278 e. The Labute approximate surface area is 86.5 Å². The van der Waals surface area contributed by atoms with Gasteiger partial charge >= 0.3 is 0 Å². The molecule has 0 fully saturated rings. The second-order valence-corrected chi connectivity index (χ2v) is 3.47. The predicted octanol–water partition coefficient (Wildman–Crippen LogP) is 3.66. The standard InChI is InChI=1S/C8H7BrN2.C2H6/c1-5-2-7(9)3-6-4-10-11-8(5)6;1-2/h2-4H,1H3,(H,10,11);1-2H3. The van der Waals surface area contributed by atoms with E-state index < -0.39 is 0 Å². The van der Waals surface area contributed by atoms with Gasteiger partial charge in [0.15, 0.2) is 0 Å². The molecule has 1 aromatic heterocycles. The van der Waals surface area contributed by atoms with E-state index in [0.29, 0.717) is 0 Å². The Morgan fingerprint density at radius 2 is 2.00 bits per heavy atom. The molecule has 0 unspecified atom stereocenters. The van der Waals surface area contributed by atoms with Crippen molar-refractivity contribution in [3.63, 3.8) is 0 Å². The highest BCUT2D eigenvalue weighted by atomic mass is 79.9. The Bertz CT molecular complexity index is 393. The van der Waals surface area contributed by atoms with E-state index in [-0.39, 0.29) is 0 Å². The fraction of sp³-hybridized carbons (Fsp3) is 0.300. The Hall–Kier alpha value is -0.830. The van der Waals surface area contributed by atoms with Gasteiger partial charge in [-0.15, -0.1) is 0 Å². The van der Waals surface area contributed by atoms with Crippen molar-refractivity contribution in [1.29, 1.82) is 0 Å². The van der Waals surface area contributed by atoms with E-state index >= 15 is 0 Å². The quantitative estimate of drug-likeness (QED) is 0.749. The molecule has 2 nitrogen and oxygen atoms in total. The lowest BCUT2D eigenvalue weighted by molar-refractivity contribution is 1.11. The number of aromatic amines is 1. The monoisotopic (exact) mass is 240 g/mol. The summed E-state index contributed by atoms with van der Waals surface area (Å²) in [5.74, 6) is 0. The van der Waals surface area contributed by atoms with E-state index in [0.717, 1.165) is 15.4 Å². The number of nitrogens with zero attached hydrogens (tertiary/aromatic N) is 1. The number of halogens is 1. The van der Waals surface area contributed by atoms with Crippen LogP contribution >= 0.6 is 15.9 Å². The van der Waals surface area contributed by atoms with E-state index in [1.54, 1.807) is 0 Å². The van der Waals surface area contributed by atoms with E-state index in [1.165, 1.54) is 5.56 Å². The number of hydrogen-bond donors (Lipinski definition) is 1. The van der Waals surface area contributed by atoms with E-state index in [9.17, 15) is 0 Å². The van der Waals surface area contributed by atoms with Crippen LogP contribution in [0.15, 0.2) is 22.8 Å². The average molecular weight is 241 g/mol. The SMILES string of the molecule is CC.Cc1cc(Br)cc2cn[nH]c12. The minimum atomic E-state index is 1.10. The molecule has 0 radical (unpaired) electrons. The van der Waals surface area contributed by atoms with E-state index in [4.69, 9.17) is 0 Å². The van der Waals surface area contributed by atoms with Gasteiger partial charge in [0, 0.05) is 9.86 Å². The summed E-state index contributed by atoms with van der Waals surface area (Å²) in [5.41, 5.74) is 2.33. The van der Waals surface area contributed by atoms with Gasteiger partial charge in [0.2, 0.25) is 0 Å². The Balaban J connectivity index is 0.000000396. The summed E-state index contributed by atoms with van der Waals surface area (Å²) in [6.45, 7) is 6.06. The van der Waals surface area contributed by atoms with Crippen LogP contribution in [0.25, 0.3) is 10.9 Å². The van der Waals surface area contributed by atoms with Crippen LogP contribution in [0.1, 0.15) is 19.4 Å². The summed E-state index contributed by atoms with van der Waals surface area (Å²) in [6, 6.07) is 4.12. The topological polar surface area (TPSA) is 28.7 Å². The van der Waals surface area contributed by atoms with Crippen molar-refractivity contribution in [3.05, 3.63) is 28.4 Å². The molecule has 0 aliphatic heterocycles. The highest BCUT2D eigenvalue weighted by Gasteiger charge is 1.99. The lowest BCUT2D eigenvalue weighted by Crippen LogP contribution is -1.76. The molecule has 0 saturated carbocycles. The van der Waals surface area contributed by atoms with Crippen LogP contribution in [-0.4, -0.2) is 10.2 Å². The maximum Gasteiger partial charge on any atom is 0.0680 e. The molecule has 0 bridgehead atoms. The fourth-order valence-corrected chi connectivity index (χ4v) is 1.78. The Morgan fingerprint density at radius 1 is 1.31 bits per heavy atom. The second-order valence-electron chi connectivity index (χ2n) is 2.56. The summed E-state index contributed by atoms with van der Waals surface area (Å²) in [4.78, 5) is 0. The van der Waals surface area contributed by atoms with Crippen molar-refractivity contribution in [2.45, 2.75) is 20.8 Å². The smallest absolute Gasteiger partial charge is 0.0680 e. The molecule has 13 heavy (non-hydrogen) atoms. The molecule has 3 heteroatoms. The van der Waals surface area contributed by atoms with Crippen LogP contribution in [0.2, 0.25) is 0 Å². The van der Waals surface area contributed by atoms with Gasteiger partial charge in [-0.25, -0.2) is 0 Å². The normalized spacial score (nSPS) is 9.54. The number of rotatable bonds is 0. The predicted molar refractivity (Wildman–Crippen MR) is 59.9 cm³/mol. The number of benzene rings is 1. The third kappa shape index (κ3) is 2.10. The van der Waals surface area contributed by atoms with Gasteiger partial charge in [-0.2, -0.15) is 5.10 Å². The number of hydrogen-bond acceptors (Lipinski definition) is 1. The molecule has 0 saturated heterocycles. The first-order valence-electron chi connectivity index (χ1n) is 4.36. The fourth-order valence-electron chi connectivity index (χ4n) is 1.19. The second kappa shape index (κ2) is 4.42. The molecule has 0 atom stereocenters. The minimum absolute atomic E-state index is 1.10. The summed E-state index contributed by atoms with van der Waals surface area (Å²) >= 11 is 3.43. The zero-order valence-electron chi connectivity index (χ0n) is 8.06. The summed E-state index contributed by atoms with van der Waals surface area (Å²) < 4.78 is 1.10. The summed E-state index contributed by atoms with van der Waals surface area (Å²) in [6.07, 6.45) is 1.83. The molecule has 1 N–H and O–H groups in total. The van der Waals surface area contributed by atoms with Crippen molar-refractivity contribution < 1.29 is 0 Å². The van der Waals surface area contributed by atoms with Gasteiger partial charge in [-0.1, -0.05) is 29.8 Å². The van der Waals surface area contributed by atoms with Crippen molar-refractivity contribution >= 4 is 26.8 Å². The Kier molecular flexibility index (Phi) is 3.48. The molecule has 1 heterocycles. The molecular weight excluding hydrogens is 228 g/mol. The van der Waals surface area contributed by atoms with Gasteiger partial charge < -0.3 is 0 Å². The third-order valence-corrected chi connectivity index (χ3v) is 2.17. The van der Waals surface area contributed by atoms with Gasteiger partial charge in [0.1, 0.15) is 0 Å². The lowest BCUT2D eigenvalue weighted by atomic mass is 10.2. The van der Waals surface area contributed by atoms with Gasteiger partial charge in [0.05, 0.1) is 11.7 Å². The third-order valence-electron chi connectivity index (χ3n) is 1.71. The number of aromatic nitrogens is 2. The first-order chi connectivity index (χ1) is 6.27. The molecular formula is C10H13BrN2. The molecule has 0 amide bonds. The molecule has 0 aliphatic carbocycles. The van der Waals surface area contributed by atoms with Crippen molar-refractivity contribution in [2.75, 3.05) is 0 Å². The van der Waals surface area contributed by atoms with Crippen LogP contribution < -0.4 is 0 Å². The van der Waals surface area contributed by atoms with Crippen LogP contribution in [-0.2, 0) is 0 Å². The molecule has 0 spiro atoms. The first kappa shape index (κ1) is 10.3. The zero-order valence-corrected chi connectivity index (χ0v) is 9.64. The number of H-pyrrole nitrogens is 1. The molecule has 70 valence electrons. The highest BCUT2D eigenvalue weighted by Crippen LogP contribution is 2.21. The van der Waals surface area contributed by atoms with Crippen LogP contribution in [0.5, 0.6) is 0 Å². The van der Waals surface area contributed by atoms with Crippen LogP contribution in [0.4, 0.5) is 0 Å². The average Bonchev–Trinajstić information content (AvgIpc) is 2.55. The first-order valence-corrected chi connectivity index (χ1v) is 5.16. The summed E-state index contributed by atoms with van der Waals surface area (Å²) in [7, 11) is 0. The lowest BCUT2D eigenvalue weighted by Gasteiger charge is -1.95. The van der Waals surface area contributed by atoms with Gasteiger partial charge in [-0.3, -0.25) is 5.10 Å². The van der Waals surface area contributed by atoms with Crippen molar-refractivity contribution in [3.8, 4) is 0 Å². The molecule has 1 aromatic carbocycles. The number of nitrogens with one attached hydrogen (secondary N) is 1. The number of fused-ring (bicyclic) bond motifs is 1. The zero-order chi connectivity index (χ0) is 9.84. The number of aryl methyl sites for hydroxylation is 1.